The topological polar surface area (TPSA) is 29.5 Å². The Kier molecular flexibility index (Phi) is 7.91. The highest BCUT2D eigenvalue weighted by Gasteiger charge is 2.49. The van der Waals surface area contributed by atoms with Crippen LogP contribution >= 0.6 is 0 Å². The van der Waals surface area contributed by atoms with Gasteiger partial charge in [0.25, 0.3) is 0 Å². The molecule has 0 fully saturated rings. The molecule has 0 radical (unpaired) electrons. The van der Waals surface area contributed by atoms with Gasteiger partial charge < -0.3 is 13.7 Å². The summed E-state index contributed by atoms with van der Waals surface area (Å²) in [5.41, 5.74) is 25.7. The van der Waals surface area contributed by atoms with Crippen LogP contribution in [0.1, 0.15) is 80.5 Å². The van der Waals surface area contributed by atoms with Crippen molar-refractivity contribution in [2.24, 2.45) is 0 Å². The number of para-hydroxylation sites is 3. The lowest BCUT2D eigenvalue weighted by Gasteiger charge is -2.32. The average Bonchev–Trinajstić information content (AvgIpc) is 4.14. The molecule has 15 rings (SSSR count). The van der Waals surface area contributed by atoms with Crippen LogP contribution in [0.4, 0.5) is 17.1 Å². The van der Waals surface area contributed by atoms with Crippen molar-refractivity contribution in [2.45, 2.75) is 64.7 Å². The fraction of sp³-hybridized carbons (Fsp3) is 0.147. The zero-order valence-corrected chi connectivity index (χ0v) is 41.1. The second-order valence-corrected chi connectivity index (χ2v) is 22.0. The Hall–Kier alpha value is -8.14. The first-order valence-corrected chi connectivity index (χ1v) is 25.2. The third-order valence-corrected chi connectivity index (χ3v) is 17.1. The number of anilines is 3. The van der Waals surface area contributed by atoms with Gasteiger partial charge in [-0.15, -0.1) is 0 Å². The van der Waals surface area contributed by atoms with E-state index in [-0.39, 0.29) is 16.2 Å². The molecule has 2 heterocycles. The molecule has 3 aliphatic carbocycles. The van der Waals surface area contributed by atoms with E-state index in [0.717, 1.165) is 50.3 Å². The Balaban J connectivity index is 0.949. The van der Waals surface area contributed by atoms with Gasteiger partial charge in [0.2, 0.25) is 0 Å². The van der Waals surface area contributed by atoms with Crippen LogP contribution in [0.25, 0.3) is 99.2 Å². The number of benzene rings is 10. The number of aryl methyl sites for hydroxylation is 1. The Bertz CT molecular complexity index is 4340. The lowest BCUT2D eigenvalue weighted by molar-refractivity contribution is 0.600. The van der Waals surface area contributed by atoms with Crippen LogP contribution in [0.2, 0.25) is 0 Å². The average molecular weight is 914 g/mol. The molecule has 3 aliphatic rings. The fourth-order valence-electron chi connectivity index (χ4n) is 13.8. The Labute approximate surface area is 413 Å². The molecule has 71 heavy (non-hydrogen) atoms. The van der Waals surface area contributed by atoms with E-state index in [9.17, 15) is 0 Å². The fourth-order valence-corrected chi connectivity index (χ4v) is 13.8. The molecule has 0 saturated heterocycles. The van der Waals surface area contributed by atoms with Crippen LogP contribution in [0, 0.1) is 6.92 Å². The van der Waals surface area contributed by atoms with E-state index in [4.69, 9.17) is 8.83 Å². The van der Waals surface area contributed by atoms with Gasteiger partial charge >= 0.3 is 0 Å². The van der Waals surface area contributed by atoms with E-state index in [0.29, 0.717) is 0 Å². The molecule has 0 bridgehead atoms. The van der Waals surface area contributed by atoms with Crippen LogP contribution in [-0.2, 0) is 16.2 Å². The Morgan fingerprint density at radius 1 is 0.366 bits per heavy atom. The summed E-state index contributed by atoms with van der Waals surface area (Å²) < 4.78 is 13.9. The van der Waals surface area contributed by atoms with Crippen LogP contribution in [0.3, 0.4) is 0 Å². The van der Waals surface area contributed by atoms with Crippen molar-refractivity contribution in [2.75, 3.05) is 4.90 Å². The second-order valence-electron chi connectivity index (χ2n) is 22.0. The zero-order valence-electron chi connectivity index (χ0n) is 41.1. The van der Waals surface area contributed by atoms with Crippen molar-refractivity contribution in [3.05, 3.63) is 221 Å². The smallest absolute Gasteiger partial charge is 0.144 e. The summed E-state index contributed by atoms with van der Waals surface area (Å²) in [7, 11) is 0. The van der Waals surface area contributed by atoms with Gasteiger partial charge in [0.15, 0.2) is 0 Å². The Morgan fingerprint density at radius 2 is 0.887 bits per heavy atom. The number of furan rings is 2. The summed E-state index contributed by atoms with van der Waals surface area (Å²) in [6.07, 6.45) is 0. The van der Waals surface area contributed by atoms with Crippen molar-refractivity contribution in [3.8, 4) is 44.5 Å². The summed E-state index contributed by atoms with van der Waals surface area (Å²) in [5.74, 6) is 0. The summed E-state index contributed by atoms with van der Waals surface area (Å²) >= 11 is 0. The van der Waals surface area contributed by atoms with Crippen LogP contribution in [0.15, 0.2) is 191 Å². The molecule has 3 nitrogen and oxygen atoms in total. The first-order chi connectivity index (χ1) is 34.4. The number of rotatable bonds is 4. The summed E-state index contributed by atoms with van der Waals surface area (Å²) in [6, 6.07) is 67.3. The number of hydrogen-bond donors (Lipinski definition) is 0. The van der Waals surface area contributed by atoms with E-state index < -0.39 is 0 Å². The largest absolute Gasteiger partial charge is 0.455 e. The van der Waals surface area contributed by atoms with E-state index in [1.165, 1.54) is 105 Å². The third kappa shape index (κ3) is 5.18. The molecule has 2 aromatic heterocycles. The highest BCUT2D eigenvalue weighted by molar-refractivity contribution is 6.22. The molecular formula is C68H51NO2. The molecule has 0 saturated carbocycles. The number of nitrogens with zero attached hydrogens (tertiary/aromatic N) is 1. The lowest BCUT2D eigenvalue weighted by atomic mass is 9.72. The van der Waals surface area contributed by atoms with Crippen molar-refractivity contribution >= 4 is 71.7 Å². The maximum atomic E-state index is 6.99. The van der Waals surface area contributed by atoms with Gasteiger partial charge in [-0.05, 0) is 139 Å². The SMILES string of the molecule is Cc1ccccc1N(c1ccc2c(c1)C(C)(C)c1cc(-c3cccc4ccccc34)c3oc4ccccc4c3c1-2)c1ccc2c(c1)C(C)(C)c1c3c(c4oc5ccccc5c4c1-2)-c1ccccc1C3(C)C. The van der Waals surface area contributed by atoms with E-state index in [2.05, 4.69) is 235 Å². The van der Waals surface area contributed by atoms with Gasteiger partial charge in [-0.1, -0.05) is 175 Å². The molecule has 0 unspecified atom stereocenters. The van der Waals surface area contributed by atoms with Gasteiger partial charge in [-0.3, -0.25) is 0 Å². The van der Waals surface area contributed by atoms with Gasteiger partial charge in [-0.25, -0.2) is 0 Å². The zero-order chi connectivity index (χ0) is 47.9. The van der Waals surface area contributed by atoms with Crippen molar-refractivity contribution in [1.82, 2.24) is 0 Å². The molecule has 0 spiro atoms. The maximum Gasteiger partial charge on any atom is 0.144 e. The van der Waals surface area contributed by atoms with Crippen LogP contribution in [-0.4, -0.2) is 0 Å². The molecule has 0 aliphatic heterocycles. The Morgan fingerprint density at radius 3 is 1.62 bits per heavy atom. The van der Waals surface area contributed by atoms with Crippen molar-refractivity contribution < 1.29 is 8.83 Å². The van der Waals surface area contributed by atoms with Crippen molar-refractivity contribution in [3.63, 3.8) is 0 Å². The second kappa shape index (κ2) is 13.8. The minimum atomic E-state index is -0.324. The molecule has 12 aromatic rings. The highest BCUT2D eigenvalue weighted by atomic mass is 16.3. The number of fused-ring (bicyclic) bond motifs is 20. The van der Waals surface area contributed by atoms with E-state index >= 15 is 0 Å². The predicted octanol–water partition coefficient (Wildman–Crippen LogP) is 19.0. The van der Waals surface area contributed by atoms with Crippen molar-refractivity contribution in [1.29, 1.82) is 0 Å². The van der Waals surface area contributed by atoms with Gasteiger partial charge in [-0.2, -0.15) is 0 Å². The van der Waals surface area contributed by atoms with Gasteiger partial charge in [0, 0.05) is 66.0 Å². The molecule has 0 atom stereocenters. The van der Waals surface area contributed by atoms with Crippen LogP contribution in [0.5, 0.6) is 0 Å². The highest BCUT2D eigenvalue weighted by Crippen LogP contribution is 2.64. The first kappa shape index (κ1) is 40.7. The molecule has 0 amide bonds. The lowest BCUT2D eigenvalue weighted by Crippen LogP contribution is -2.24. The monoisotopic (exact) mass is 913 g/mol. The maximum absolute atomic E-state index is 6.99. The minimum absolute atomic E-state index is 0.225. The minimum Gasteiger partial charge on any atom is -0.455 e. The predicted molar refractivity (Wildman–Crippen MR) is 296 cm³/mol. The van der Waals surface area contributed by atoms with Crippen LogP contribution < -0.4 is 4.90 Å². The summed E-state index contributed by atoms with van der Waals surface area (Å²) in [4.78, 5) is 2.51. The van der Waals surface area contributed by atoms with Gasteiger partial charge in [0.1, 0.15) is 22.3 Å². The number of hydrogen-bond acceptors (Lipinski definition) is 3. The first-order valence-electron chi connectivity index (χ1n) is 25.2. The molecule has 3 heteroatoms. The normalized spacial score (nSPS) is 15.3. The molecule has 340 valence electrons. The summed E-state index contributed by atoms with van der Waals surface area (Å²) in [6.45, 7) is 16.8. The van der Waals surface area contributed by atoms with E-state index in [1.54, 1.807) is 0 Å². The molecular weight excluding hydrogens is 863 g/mol. The van der Waals surface area contributed by atoms with Gasteiger partial charge in [0.05, 0.1) is 0 Å². The third-order valence-electron chi connectivity index (χ3n) is 17.1. The molecule has 10 aromatic carbocycles. The summed E-state index contributed by atoms with van der Waals surface area (Å²) in [5, 5.41) is 7.18. The van der Waals surface area contributed by atoms with E-state index in [1.807, 2.05) is 0 Å². The molecule has 0 N–H and O–H groups in total. The quantitative estimate of drug-likeness (QED) is 0.176. The standard InChI is InChI=1S/C68H51NO2/c1-38-19-8-15-28-54(38)69(41-32-34-46-52(36-41)68(6,7)62-58(46)60-48-25-13-17-30-56(48)71-65(60)61-44-23-11-14-27-50(44)67(4,5)63(61)62)40-31-33-45-51(35-40)66(2,3)53-37-49(43-26-18-21-39-20-9-10-22-42(39)43)64-59(57(45)53)47-24-12-16-29-55(47)70-64/h8-37H,1-7H3.